The molecule has 0 fully saturated rings. The Kier molecular flexibility index (Phi) is 1.97. The summed E-state index contributed by atoms with van der Waals surface area (Å²) in [6.45, 7) is 1.65. The van der Waals surface area contributed by atoms with E-state index in [1.54, 1.807) is 14.0 Å². The molecule has 2 aromatic heterocycles. The molecular formula is C9H9N3O4. The molecule has 2 rings (SSSR count). The molecule has 0 bridgehead atoms. The number of carboxylic acids is 1. The minimum Gasteiger partial charge on any atom is -0.505 e. The zero-order chi connectivity index (χ0) is 12.0. The summed E-state index contributed by atoms with van der Waals surface area (Å²) in [6.07, 6.45) is 0. The second-order valence-corrected chi connectivity index (χ2v) is 3.37. The highest BCUT2D eigenvalue weighted by Gasteiger charge is 2.23. The third kappa shape index (κ3) is 1.18. The Morgan fingerprint density at radius 2 is 2.00 bits per heavy atom. The van der Waals surface area contributed by atoms with Gasteiger partial charge in [-0.1, -0.05) is 0 Å². The Balaban J connectivity index is 2.98. The third-order valence-electron chi connectivity index (χ3n) is 2.31. The van der Waals surface area contributed by atoms with Gasteiger partial charge >= 0.3 is 5.97 Å². The second-order valence-electron chi connectivity index (χ2n) is 3.37. The largest absolute Gasteiger partial charge is 0.505 e. The molecule has 0 aliphatic rings. The molecule has 0 aromatic carbocycles. The van der Waals surface area contributed by atoms with Crippen LogP contribution in [-0.4, -0.2) is 36.1 Å². The van der Waals surface area contributed by atoms with Gasteiger partial charge in [0.25, 0.3) is 0 Å². The second kappa shape index (κ2) is 3.09. The zero-order valence-electron chi connectivity index (χ0n) is 8.59. The molecule has 0 saturated heterocycles. The summed E-state index contributed by atoms with van der Waals surface area (Å²) in [5.74, 6) is -2.69. The van der Waals surface area contributed by atoms with Crippen LogP contribution in [0.4, 0.5) is 0 Å². The van der Waals surface area contributed by atoms with E-state index in [9.17, 15) is 15.0 Å². The van der Waals surface area contributed by atoms with Gasteiger partial charge in [0.05, 0.1) is 5.69 Å². The normalized spacial score (nSPS) is 10.9. The van der Waals surface area contributed by atoms with Gasteiger partial charge in [0.15, 0.2) is 11.3 Å². The molecule has 0 atom stereocenters. The Morgan fingerprint density at radius 3 is 2.56 bits per heavy atom. The van der Waals surface area contributed by atoms with Crippen LogP contribution in [0.25, 0.3) is 11.0 Å². The van der Waals surface area contributed by atoms with Crippen molar-refractivity contribution in [2.75, 3.05) is 0 Å². The number of fused-ring (bicyclic) bond motifs is 1. The number of aromatic hydroxyl groups is 2. The van der Waals surface area contributed by atoms with E-state index in [0.29, 0.717) is 5.69 Å². The Labute approximate surface area is 89.6 Å². The number of aromatic carboxylic acids is 1. The Morgan fingerprint density at radius 1 is 1.38 bits per heavy atom. The molecule has 84 valence electrons. The number of aryl methyl sites for hydroxylation is 2. The van der Waals surface area contributed by atoms with Gasteiger partial charge < -0.3 is 15.3 Å². The molecule has 16 heavy (non-hydrogen) atoms. The molecule has 0 saturated carbocycles. The first-order chi connectivity index (χ1) is 7.43. The molecule has 7 heteroatoms. The van der Waals surface area contributed by atoms with E-state index in [-0.39, 0.29) is 11.0 Å². The number of nitrogens with zero attached hydrogens (tertiary/aromatic N) is 3. The number of pyridine rings is 1. The van der Waals surface area contributed by atoms with E-state index in [4.69, 9.17) is 5.11 Å². The minimum atomic E-state index is -1.44. The zero-order valence-corrected chi connectivity index (χ0v) is 8.59. The van der Waals surface area contributed by atoms with Gasteiger partial charge in [-0.25, -0.2) is 9.78 Å². The maximum atomic E-state index is 10.8. The van der Waals surface area contributed by atoms with Crippen molar-refractivity contribution < 1.29 is 20.1 Å². The van der Waals surface area contributed by atoms with E-state index in [1.807, 2.05) is 0 Å². The quantitative estimate of drug-likeness (QED) is 0.645. The Bertz CT molecular complexity index is 603. The van der Waals surface area contributed by atoms with Crippen molar-refractivity contribution in [3.8, 4) is 11.6 Å². The maximum Gasteiger partial charge on any atom is 0.345 e. The number of hydrogen-bond acceptors (Lipinski definition) is 5. The van der Waals surface area contributed by atoms with Crippen LogP contribution in [0.5, 0.6) is 11.6 Å². The van der Waals surface area contributed by atoms with E-state index >= 15 is 0 Å². The van der Waals surface area contributed by atoms with E-state index in [1.165, 1.54) is 4.68 Å². The molecule has 0 aliphatic heterocycles. The topological polar surface area (TPSA) is 108 Å². The molecule has 0 aliphatic carbocycles. The van der Waals surface area contributed by atoms with Gasteiger partial charge in [-0.15, -0.1) is 0 Å². The van der Waals surface area contributed by atoms with Crippen LogP contribution in [0, 0.1) is 6.92 Å². The van der Waals surface area contributed by atoms with Crippen LogP contribution >= 0.6 is 0 Å². The number of aromatic nitrogens is 3. The number of carbonyl (C=O) groups is 1. The lowest BCUT2D eigenvalue weighted by Crippen LogP contribution is -2.01. The summed E-state index contributed by atoms with van der Waals surface area (Å²) in [6, 6.07) is 0. The molecule has 2 aromatic rings. The highest BCUT2D eigenvalue weighted by Crippen LogP contribution is 2.33. The molecule has 2 heterocycles. The van der Waals surface area contributed by atoms with Crippen LogP contribution in [-0.2, 0) is 7.05 Å². The summed E-state index contributed by atoms with van der Waals surface area (Å²) in [5.41, 5.74) is 0.353. The predicted octanol–water partition coefficient (Wildman–Crippen LogP) is 0.386. The number of carboxylic acid groups (broad SMARTS) is 1. The fourth-order valence-corrected chi connectivity index (χ4v) is 1.63. The van der Waals surface area contributed by atoms with Crippen molar-refractivity contribution in [3.63, 3.8) is 0 Å². The SMILES string of the molecule is Cc1nn(C)c2c(O)c(C(=O)O)c(O)nc12. The van der Waals surface area contributed by atoms with Crippen LogP contribution in [0.2, 0.25) is 0 Å². The average molecular weight is 223 g/mol. The van der Waals surface area contributed by atoms with Gasteiger partial charge in [-0.05, 0) is 6.92 Å². The number of hydrogen-bond donors (Lipinski definition) is 3. The van der Waals surface area contributed by atoms with E-state index in [2.05, 4.69) is 10.1 Å². The molecule has 7 nitrogen and oxygen atoms in total. The van der Waals surface area contributed by atoms with Crippen molar-refractivity contribution in [2.24, 2.45) is 7.05 Å². The van der Waals surface area contributed by atoms with Gasteiger partial charge in [0.1, 0.15) is 11.0 Å². The molecule has 0 radical (unpaired) electrons. The van der Waals surface area contributed by atoms with Crippen molar-refractivity contribution in [2.45, 2.75) is 6.92 Å². The van der Waals surface area contributed by atoms with Gasteiger partial charge in [0, 0.05) is 7.05 Å². The molecule has 0 unspecified atom stereocenters. The van der Waals surface area contributed by atoms with Crippen molar-refractivity contribution >= 4 is 17.0 Å². The monoisotopic (exact) mass is 223 g/mol. The first-order valence-electron chi connectivity index (χ1n) is 4.42. The first kappa shape index (κ1) is 10.2. The lowest BCUT2D eigenvalue weighted by molar-refractivity contribution is 0.0690. The fraction of sp³-hybridized carbons (Fsp3) is 0.222. The highest BCUT2D eigenvalue weighted by molar-refractivity contribution is 6.00. The van der Waals surface area contributed by atoms with E-state index in [0.717, 1.165) is 0 Å². The standard InChI is InChI=1S/C9H9N3O4/c1-3-5-6(12(2)11-3)7(13)4(9(15)16)8(14)10-5/h1-2H3,(H,15,16)(H2,10,13,14). The first-order valence-corrected chi connectivity index (χ1v) is 4.42. The fourth-order valence-electron chi connectivity index (χ4n) is 1.63. The highest BCUT2D eigenvalue weighted by atomic mass is 16.4. The van der Waals surface area contributed by atoms with Crippen molar-refractivity contribution in [1.82, 2.24) is 14.8 Å². The summed E-state index contributed by atoms with van der Waals surface area (Å²) >= 11 is 0. The lowest BCUT2D eigenvalue weighted by Gasteiger charge is -2.04. The van der Waals surface area contributed by atoms with Crippen molar-refractivity contribution in [1.29, 1.82) is 0 Å². The van der Waals surface area contributed by atoms with Crippen LogP contribution in [0.1, 0.15) is 16.1 Å². The predicted molar refractivity (Wildman–Crippen MR) is 53.5 cm³/mol. The maximum absolute atomic E-state index is 10.8. The molecular weight excluding hydrogens is 214 g/mol. The molecule has 0 amide bonds. The third-order valence-corrected chi connectivity index (χ3v) is 2.31. The van der Waals surface area contributed by atoms with Crippen LogP contribution in [0.3, 0.4) is 0 Å². The van der Waals surface area contributed by atoms with Gasteiger partial charge in [-0.2, -0.15) is 5.10 Å². The molecule has 0 spiro atoms. The summed E-state index contributed by atoms with van der Waals surface area (Å²) in [5, 5.41) is 32.0. The van der Waals surface area contributed by atoms with Crippen LogP contribution in [0.15, 0.2) is 0 Å². The lowest BCUT2D eigenvalue weighted by atomic mass is 10.2. The van der Waals surface area contributed by atoms with Crippen LogP contribution < -0.4 is 0 Å². The van der Waals surface area contributed by atoms with E-state index < -0.39 is 23.2 Å². The number of rotatable bonds is 1. The summed E-state index contributed by atoms with van der Waals surface area (Å²) < 4.78 is 1.32. The van der Waals surface area contributed by atoms with Gasteiger partial charge in [-0.3, -0.25) is 4.68 Å². The Hall–Kier alpha value is -2.31. The summed E-state index contributed by atoms with van der Waals surface area (Å²) in [4.78, 5) is 14.5. The summed E-state index contributed by atoms with van der Waals surface area (Å²) in [7, 11) is 1.55. The smallest absolute Gasteiger partial charge is 0.345 e. The minimum absolute atomic E-state index is 0.188. The average Bonchev–Trinajstić information content (AvgIpc) is 2.41. The van der Waals surface area contributed by atoms with Gasteiger partial charge in [0.2, 0.25) is 5.88 Å². The van der Waals surface area contributed by atoms with Crippen molar-refractivity contribution in [3.05, 3.63) is 11.3 Å². The molecule has 3 N–H and O–H groups in total.